The quantitative estimate of drug-likeness (QED) is 0.140. The fourth-order valence-electron chi connectivity index (χ4n) is 4.20. The molecule has 4 aromatic rings. The Morgan fingerprint density at radius 3 is 2.08 bits per heavy atom. The zero-order valence-electron chi connectivity index (χ0n) is 25.5. The number of alkyl halides is 10. The first-order valence-corrected chi connectivity index (χ1v) is 14.6. The van der Waals surface area contributed by atoms with Gasteiger partial charge in [-0.25, -0.2) is 19.5 Å². The largest absolute Gasteiger partial charge is 0.459 e. The third-order valence-electron chi connectivity index (χ3n) is 6.64. The van der Waals surface area contributed by atoms with Crippen LogP contribution in [0.4, 0.5) is 54.4 Å². The van der Waals surface area contributed by atoms with E-state index in [1.165, 1.54) is 12.1 Å². The van der Waals surface area contributed by atoms with E-state index in [0.717, 1.165) is 32.5 Å². The summed E-state index contributed by atoms with van der Waals surface area (Å²) in [5, 5.41) is 8.72. The molecule has 52 heavy (non-hydrogen) atoms. The number of nitrogens with zero attached hydrogens (tertiary/aromatic N) is 6. The van der Waals surface area contributed by atoms with E-state index in [4.69, 9.17) is 34.8 Å². The minimum absolute atomic E-state index is 0.136. The van der Waals surface area contributed by atoms with Crippen molar-refractivity contribution in [2.75, 3.05) is 19.5 Å². The van der Waals surface area contributed by atoms with Crippen LogP contribution in [0.2, 0.25) is 15.1 Å². The molecule has 3 aromatic heterocycles. The number of rotatable bonds is 8. The predicted octanol–water partition coefficient (Wildman–Crippen LogP) is 7.38. The Hall–Kier alpha value is -4.83. The first-order chi connectivity index (χ1) is 23.9. The van der Waals surface area contributed by atoms with Crippen LogP contribution in [-0.2, 0) is 23.1 Å². The van der Waals surface area contributed by atoms with Crippen LogP contribution >= 0.6 is 34.8 Å². The van der Waals surface area contributed by atoms with E-state index in [0.29, 0.717) is 15.8 Å². The highest BCUT2D eigenvalue weighted by Crippen LogP contribution is 2.48. The van der Waals surface area contributed by atoms with Gasteiger partial charge in [0.2, 0.25) is 0 Å². The van der Waals surface area contributed by atoms with Crippen molar-refractivity contribution < 1.29 is 63.0 Å². The molecule has 0 aliphatic carbocycles. The Kier molecular flexibility index (Phi) is 11.0. The zero-order chi connectivity index (χ0) is 39.1. The number of amides is 3. The van der Waals surface area contributed by atoms with Gasteiger partial charge in [-0.15, -0.1) is 0 Å². The van der Waals surface area contributed by atoms with Crippen molar-refractivity contribution in [2.24, 2.45) is 0 Å². The van der Waals surface area contributed by atoms with Gasteiger partial charge in [-0.3, -0.25) is 19.7 Å². The first-order valence-electron chi connectivity index (χ1n) is 13.5. The van der Waals surface area contributed by atoms with Gasteiger partial charge in [0.05, 0.1) is 40.6 Å². The third kappa shape index (κ3) is 7.82. The summed E-state index contributed by atoms with van der Waals surface area (Å²) in [6.07, 6.45) is -12.8. The van der Waals surface area contributed by atoms with Crippen LogP contribution in [0.3, 0.4) is 0 Å². The van der Waals surface area contributed by atoms with Crippen LogP contribution in [0.25, 0.3) is 5.82 Å². The van der Waals surface area contributed by atoms with Gasteiger partial charge in [0, 0.05) is 18.3 Å². The van der Waals surface area contributed by atoms with Crippen LogP contribution in [0, 0.1) is 0 Å². The van der Waals surface area contributed by atoms with Gasteiger partial charge >= 0.3 is 30.3 Å². The topological polar surface area (TPSA) is 136 Å². The average molecular weight is 814 g/mol. The third-order valence-corrected chi connectivity index (χ3v) is 7.45. The van der Waals surface area contributed by atoms with Gasteiger partial charge in [-0.1, -0.05) is 34.8 Å². The summed E-state index contributed by atoms with van der Waals surface area (Å²) in [6, 6.07) is 4.56. The molecular formula is C27H17Cl3F10N8O4. The molecule has 0 bridgehead atoms. The number of hydrogen-bond donors (Lipinski definition) is 2. The monoisotopic (exact) mass is 812 g/mol. The van der Waals surface area contributed by atoms with E-state index in [9.17, 15) is 58.3 Å². The SMILES string of the molecule is COC(=O)N(C)NC(=O)c1cc(Cl)cc(Cl)c1NC(=O)c1cc(Cn2nc(C(F)(F)C(F)(F)F)cc2C(F)(F)C(F)(F)F)nn1-c1ncccc1Cl. The summed E-state index contributed by atoms with van der Waals surface area (Å²) in [4.78, 5) is 42.4. The van der Waals surface area contributed by atoms with Crippen LogP contribution in [-0.4, -0.2) is 74.0 Å². The fourth-order valence-corrected chi connectivity index (χ4v) is 4.95. The lowest BCUT2D eigenvalue weighted by Gasteiger charge is -2.20. The molecular weight excluding hydrogens is 797 g/mol. The molecule has 0 saturated carbocycles. The molecule has 0 saturated heterocycles. The molecule has 0 spiro atoms. The molecule has 12 nitrogen and oxygen atoms in total. The Morgan fingerprint density at radius 1 is 0.865 bits per heavy atom. The van der Waals surface area contributed by atoms with Crippen LogP contribution in [0.5, 0.6) is 0 Å². The number of carbonyl (C=O) groups is 3. The summed E-state index contributed by atoms with van der Waals surface area (Å²) < 4.78 is 141. The summed E-state index contributed by atoms with van der Waals surface area (Å²) in [7, 11) is 2.09. The van der Waals surface area contributed by atoms with Gasteiger partial charge < -0.3 is 10.1 Å². The van der Waals surface area contributed by atoms with Crippen LogP contribution in [0.1, 0.15) is 37.9 Å². The lowest BCUT2D eigenvalue weighted by Crippen LogP contribution is -2.43. The van der Waals surface area contributed by atoms with Crippen molar-refractivity contribution in [2.45, 2.75) is 30.7 Å². The van der Waals surface area contributed by atoms with Gasteiger partial charge in [0.1, 0.15) is 17.1 Å². The number of benzene rings is 1. The van der Waals surface area contributed by atoms with E-state index in [1.54, 1.807) is 0 Å². The molecule has 25 heteroatoms. The summed E-state index contributed by atoms with van der Waals surface area (Å²) in [5.74, 6) is -14.7. The molecule has 0 atom stereocenters. The van der Waals surface area contributed by atoms with Crippen molar-refractivity contribution in [3.8, 4) is 5.82 Å². The molecule has 2 N–H and O–H groups in total. The lowest BCUT2D eigenvalue weighted by molar-refractivity contribution is -0.292. The van der Waals surface area contributed by atoms with Crippen molar-refractivity contribution in [3.63, 3.8) is 0 Å². The van der Waals surface area contributed by atoms with Crippen molar-refractivity contribution >= 4 is 58.4 Å². The van der Waals surface area contributed by atoms with Crippen LogP contribution < -0.4 is 10.7 Å². The minimum Gasteiger partial charge on any atom is -0.452 e. The molecule has 4 rings (SSSR count). The van der Waals surface area contributed by atoms with Gasteiger partial charge in [0.15, 0.2) is 5.82 Å². The highest BCUT2D eigenvalue weighted by Gasteiger charge is 2.64. The average Bonchev–Trinajstić information content (AvgIpc) is 3.66. The molecule has 0 aliphatic heterocycles. The van der Waals surface area contributed by atoms with E-state index < -0.39 is 93.4 Å². The Labute approximate surface area is 298 Å². The highest BCUT2D eigenvalue weighted by atomic mass is 35.5. The first kappa shape index (κ1) is 39.9. The Balaban J connectivity index is 1.85. The molecule has 3 amide bonds. The van der Waals surface area contributed by atoms with Gasteiger partial charge in [-0.2, -0.15) is 54.1 Å². The number of aromatic nitrogens is 5. The molecule has 280 valence electrons. The zero-order valence-corrected chi connectivity index (χ0v) is 27.7. The molecule has 0 fully saturated rings. The van der Waals surface area contributed by atoms with Gasteiger partial charge in [0.25, 0.3) is 11.8 Å². The van der Waals surface area contributed by atoms with E-state index in [2.05, 4.69) is 30.7 Å². The second-order valence-corrected chi connectivity index (χ2v) is 11.4. The molecule has 0 aliphatic rings. The smallest absolute Gasteiger partial charge is 0.452 e. The maximum atomic E-state index is 14.5. The second-order valence-electron chi connectivity index (χ2n) is 10.2. The number of pyridine rings is 1. The number of anilines is 1. The maximum absolute atomic E-state index is 14.5. The number of hydrazine groups is 1. The molecule has 1 aromatic carbocycles. The van der Waals surface area contributed by atoms with Crippen LogP contribution in [0.15, 0.2) is 42.6 Å². The van der Waals surface area contributed by atoms with Crippen molar-refractivity contribution in [1.82, 2.24) is 35.0 Å². The van der Waals surface area contributed by atoms with E-state index >= 15 is 0 Å². The lowest BCUT2D eigenvalue weighted by atomic mass is 10.1. The molecule has 0 unspecified atom stereocenters. The minimum atomic E-state index is -6.49. The number of halogens is 13. The van der Waals surface area contributed by atoms with Gasteiger partial charge in [-0.05, 0) is 36.4 Å². The van der Waals surface area contributed by atoms with E-state index in [-0.39, 0.29) is 20.9 Å². The predicted molar refractivity (Wildman–Crippen MR) is 160 cm³/mol. The summed E-state index contributed by atoms with van der Waals surface area (Å²) in [6.45, 7) is -1.46. The van der Waals surface area contributed by atoms with E-state index in [1.807, 2.05) is 0 Å². The van der Waals surface area contributed by atoms with Crippen molar-refractivity contribution in [1.29, 1.82) is 0 Å². The number of methoxy groups -OCH3 is 1. The Bertz CT molecular complexity index is 2040. The fraction of sp³-hybridized carbons (Fsp3) is 0.259. The number of ether oxygens (including phenoxy) is 1. The highest BCUT2D eigenvalue weighted by molar-refractivity contribution is 6.38. The molecule has 3 heterocycles. The summed E-state index contributed by atoms with van der Waals surface area (Å²) >= 11 is 18.4. The number of carbonyl (C=O) groups excluding carboxylic acids is 3. The number of nitrogens with one attached hydrogen (secondary N) is 2. The summed E-state index contributed by atoms with van der Waals surface area (Å²) in [5.41, 5.74) is -5.14. The second kappa shape index (κ2) is 14.3. The van der Waals surface area contributed by atoms with Crippen molar-refractivity contribution in [3.05, 3.63) is 86.0 Å². The maximum Gasteiger partial charge on any atom is 0.459 e. The Morgan fingerprint density at radius 2 is 1.50 bits per heavy atom. The normalized spacial score (nSPS) is 12.4. The standard InChI is InChI=1S/C27H17Cl3F10N8O4/c1-46(23(51)52-2)45-21(49)13-6-11(28)7-15(30)19(13)42-22(50)16-8-12(43-48(16)20-14(29)4-3-5-41-20)10-47-18(25(33,34)27(38,39)40)9-17(44-47)24(31,32)26(35,36)37/h3-9H,10H2,1-2H3,(H,42,50)(H,45,49). The number of hydrogen-bond acceptors (Lipinski definition) is 7. The molecule has 0 radical (unpaired) electrons.